The van der Waals surface area contributed by atoms with E-state index in [1.807, 2.05) is 0 Å². The van der Waals surface area contributed by atoms with Gasteiger partial charge in [-0.25, -0.2) is 4.79 Å². The first kappa shape index (κ1) is 13.4. The number of hydrogen-bond acceptors (Lipinski definition) is 3. The first-order chi connectivity index (χ1) is 9.19. The number of aromatic nitrogens is 2. The van der Waals surface area contributed by atoms with Crippen LogP contribution in [0.3, 0.4) is 0 Å². The van der Waals surface area contributed by atoms with E-state index in [1.54, 1.807) is 22.8 Å². The first-order valence-corrected chi connectivity index (χ1v) is 6.49. The average molecular weight is 262 g/mol. The van der Waals surface area contributed by atoms with Crippen LogP contribution in [0.2, 0.25) is 0 Å². The van der Waals surface area contributed by atoms with Gasteiger partial charge in [-0.1, -0.05) is 25.8 Å². The summed E-state index contributed by atoms with van der Waals surface area (Å²) in [7, 11) is 1.51. The number of methoxy groups -OCH3 is 1. The van der Waals surface area contributed by atoms with Gasteiger partial charge in [-0.05, 0) is 18.6 Å². The van der Waals surface area contributed by atoms with Crippen LogP contribution in [-0.2, 0) is 6.54 Å². The highest BCUT2D eigenvalue weighted by Gasteiger charge is 2.11. The lowest BCUT2D eigenvalue weighted by atomic mass is 10.2. The van der Waals surface area contributed by atoms with Crippen LogP contribution >= 0.6 is 0 Å². The Bertz CT molecular complexity index is 685. The van der Waals surface area contributed by atoms with Crippen molar-refractivity contribution in [1.29, 1.82) is 0 Å². The number of nitrogens with one attached hydrogen (secondary N) is 1. The fourth-order valence-corrected chi connectivity index (χ4v) is 2.22. The van der Waals surface area contributed by atoms with Gasteiger partial charge in [-0.2, -0.15) is 0 Å². The van der Waals surface area contributed by atoms with Crippen LogP contribution in [0.5, 0.6) is 5.75 Å². The van der Waals surface area contributed by atoms with Crippen LogP contribution in [-0.4, -0.2) is 16.7 Å². The summed E-state index contributed by atoms with van der Waals surface area (Å²) >= 11 is 0. The molecule has 2 rings (SSSR count). The van der Waals surface area contributed by atoms with Gasteiger partial charge in [0.25, 0.3) is 5.56 Å². The van der Waals surface area contributed by atoms with Gasteiger partial charge in [0.2, 0.25) is 0 Å². The van der Waals surface area contributed by atoms with Crippen LogP contribution in [0, 0.1) is 0 Å². The standard InChI is InChI=1S/C14H18N2O3/c1-3-4-5-9-16-10-7-6-8-11(19-2)12(10)13(17)15-14(16)18/h6-8H,3-5,9H2,1-2H3,(H,15,17,18). The average Bonchev–Trinajstić information content (AvgIpc) is 2.41. The molecule has 0 fully saturated rings. The molecule has 0 aliphatic rings. The van der Waals surface area contributed by atoms with Crippen molar-refractivity contribution in [2.45, 2.75) is 32.7 Å². The third kappa shape index (κ3) is 2.54. The van der Waals surface area contributed by atoms with Crippen LogP contribution < -0.4 is 16.0 Å². The molecule has 0 spiro atoms. The minimum Gasteiger partial charge on any atom is -0.496 e. The van der Waals surface area contributed by atoms with Crippen molar-refractivity contribution in [2.24, 2.45) is 0 Å². The Kier molecular flexibility index (Phi) is 4.04. The van der Waals surface area contributed by atoms with Crippen molar-refractivity contribution in [2.75, 3.05) is 7.11 Å². The second kappa shape index (κ2) is 5.73. The van der Waals surface area contributed by atoms with Crippen molar-refractivity contribution < 1.29 is 4.74 Å². The number of benzene rings is 1. The largest absolute Gasteiger partial charge is 0.496 e. The molecule has 2 aromatic rings. The van der Waals surface area contributed by atoms with Gasteiger partial charge < -0.3 is 4.74 Å². The normalized spacial score (nSPS) is 10.8. The minimum atomic E-state index is -0.399. The number of aromatic amines is 1. The Hall–Kier alpha value is -2.04. The Morgan fingerprint density at radius 3 is 2.74 bits per heavy atom. The van der Waals surface area contributed by atoms with E-state index in [2.05, 4.69) is 11.9 Å². The SMILES string of the molecule is CCCCCn1c(=O)[nH]c(=O)c2c(OC)cccc21. The Morgan fingerprint density at radius 2 is 2.05 bits per heavy atom. The topological polar surface area (TPSA) is 64.1 Å². The molecule has 5 heteroatoms. The molecule has 19 heavy (non-hydrogen) atoms. The van der Waals surface area contributed by atoms with E-state index in [4.69, 9.17) is 4.74 Å². The van der Waals surface area contributed by atoms with Gasteiger partial charge in [0, 0.05) is 6.54 Å². The lowest BCUT2D eigenvalue weighted by Crippen LogP contribution is -2.30. The molecule has 1 N–H and O–H groups in total. The monoisotopic (exact) mass is 262 g/mol. The lowest BCUT2D eigenvalue weighted by Gasteiger charge is -2.11. The molecular formula is C14H18N2O3. The number of nitrogens with zero attached hydrogens (tertiary/aromatic N) is 1. The summed E-state index contributed by atoms with van der Waals surface area (Å²) in [5.41, 5.74) is -0.129. The number of aryl methyl sites for hydroxylation is 1. The Balaban J connectivity index is 2.63. The molecule has 0 aliphatic heterocycles. The first-order valence-electron chi connectivity index (χ1n) is 6.49. The second-order valence-corrected chi connectivity index (χ2v) is 4.47. The number of rotatable bonds is 5. The molecule has 0 bridgehead atoms. The van der Waals surface area contributed by atoms with E-state index < -0.39 is 5.56 Å². The summed E-state index contributed by atoms with van der Waals surface area (Å²) in [5, 5.41) is 0.432. The molecule has 5 nitrogen and oxygen atoms in total. The van der Waals surface area contributed by atoms with E-state index in [9.17, 15) is 9.59 Å². The third-order valence-corrected chi connectivity index (χ3v) is 3.19. The minimum absolute atomic E-state index is 0.359. The maximum atomic E-state index is 11.9. The van der Waals surface area contributed by atoms with Crippen molar-refractivity contribution in [3.8, 4) is 5.75 Å². The van der Waals surface area contributed by atoms with Gasteiger partial charge in [0.1, 0.15) is 11.1 Å². The van der Waals surface area contributed by atoms with E-state index in [-0.39, 0.29) is 5.69 Å². The third-order valence-electron chi connectivity index (χ3n) is 3.19. The Labute approximate surface area is 110 Å². The quantitative estimate of drug-likeness (QED) is 0.837. The molecule has 0 radical (unpaired) electrons. The summed E-state index contributed by atoms with van der Waals surface area (Å²) < 4.78 is 6.80. The van der Waals surface area contributed by atoms with E-state index in [0.29, 0.717) is 23.2 Å². The van der Waals surface area contributed by atoms with Crippen molar-refractivity contribution in [3.05, 3.63) is 39.0 Å². The maximum absolute atomic E-state index is 11.9. The zero-order chi connectivity index (χ0) is 13.8. The van der Waals surface area contributed by atoms with Crippen molar-refractivity contribution in [1.82, 2.24) is 9.55 Å². The van der Waals surface area contributed by atoms with Gasteiger partial charge in [0.15, 0.2) is 0 Å². The van der Waals surface area contributed by atoms with E-state index in [1.165, 1.54) is 7.11 Å². The number of H-pyrrole nitrogens is 1. The fourth-order valence-electron chi connectivity index (χ4n) is 2.22. The molecule has 1 aromatic carbocycles. The van der Waals surface area contributed by atoms with Crippen molar-refractivity contribution >= 4 is 10.9 Å². The molecule has 0 aliphatic carbocycles. The molecule has 0 saturated heterocycles. The predicted octanol–water partition coefficient (Wildman–Crippen LogP) is 1.89. The van der Waals surface area contributed by atoms with Gasteiger partial charge in [0.05, 0.1) is 12.6 Å². The molecular weight excluding hydrogens is 244 g/mol. The summed E-state index contributed by atoms with van der Waals surface area (Å²) in [6, 6.07) is 5.29. The van der Waals surface area contributed by atoms with Crippen LogP contribution in [0.15, 0.2) is 27.8 Å². The molecule has 102 valence electrons. The number of ether oxygens (including phenoxy) is 1. The van der Waals surface area contributed by atoms with Gasteiger partial charge in [-0.15, -0.1) is 0 Å². The molecule has 0 atom stereocenters. The summed E-state index contributed by atoms with van der Waals surface area (Å²) in [5.74, 6) is 0.489. The molecule has 0 amide bonds. The highest BCUT2D eigenvalue weighted by molar-refractivity contribution is 5.84. The van der Waals surface area contributed by atoms with Gasteiger partial charge in [-0.3, -0.25) is 14.3 Å². The molecule has 0 unspecified atom stereocenters. The smallest absolute Gasteiger partial charge is 0.328 e. The highest BCUT2D eigenvalue weighted by Crippen LogP contribution is 2.20. The number of unbranched alkanes of at least 4 members (excludes halogenated alkanes) is 2. The number of fused-ring (bicyclic) bond motifs is 1. The van der Waals surface area contributed by atoms with Crippen molar-refractivity contribution in [3.63, 3.8) is 0 Å². The lowest BCUT2D eigenvalue weighted by molar-refractivity contribution is 0.419. The molecule has 1 aromatic heterocycles. The zero-order valence-corrected chi connectivity index (χ0v) is 11.2. The highest BCUT2D eigenvalue weighted by atomic mass is 16.5. The fraction of sp³-hybridized carbons (Fsp3) is 0.429. The molecule has 0 saturated carbocycles. The zero-order valence-electron chi connectivity index (χ0n) is 11.2. The predicted molar refractivity (Wildman–Crippen MR) is 74.9 cm³/mol. The second-order valence-electron chi connectivity index (χ2n) is 4.47. The maximum Gasteiger partial charge on any atom is 0.328 e. The van der Waals surface area contributed by atoms with Gasteiger partial charge >= 0.3 is 5.69 Å². The van der Waals surface area contributed by atoms with E-state index >= 15 is 0 Å². The summed E-state index contributed by atoms with van der Waals surface area (Å²) in [6.45, 7) is 2.71. The Morgan fingerprint density at radius 1 is 1.26 bits per heavy atom. The van der Waals surface area contributed by atoms with E-state index in [0.717, 1.165) is 19.3 Å². The van der Waals surface area contributed by atoms with Crippen LogP contribution in [0.1, 0.15) is 26.2 Å². The number of hydrogen-bond donors (Lipinski definition) is 1. The summed E-state index contributed by atoms with van der Waals surface area (Å²) in [6.07, 6.45) is 3.05. The van der Waals surface area contributed by atoms with Crippen LogP contribution in [0.4, 0.5) is 0 Å². The van der Waals surface area contributed by atoms with Crippen LogP contribution in [0.25, 0.3) is 10.9 Å². The summed E-state index contributed by atoms with van der Waals surface area (Å²) in [4.78, 5) is 26.2. The molecule has 1 heterocycles.